The van der Waals surface area contributed by atoms with Crippen LogP contribution < -0.4 is 10.6 Å². The van der Waals surface area contributed by atoms with Crippen molar-refractivity contribution in [1.82, 2.24) is 0 Å². The number of allylic oxidation sites excluding steroid dienone is 2. The zero-order chi connectivity index (χ0) is 13.1. The Kier molecular flexibility index (Phi) is 3.51. The first-order valence-corrected chi connectivity index (χ1v) is 6.13. The molecule has 2 N–H and O–H groups in total. The molecule has 0 radical (unpaired) electrons. The predicted octanol–water partition coefficient (Wildman–Crippen LogP) is 2.55. The number of para-hydroxylation sites is 1. The summed E-state index contributed by atoms with van der Waals surface area (Å²) in [6.45, 7) is 5.33. The molecule has 3 heteroatoms. The van der Waals surface area contributed by atoms with E-state index in [9.17, 15) is 4.79 Å². The van der Waals surface area contributed by atoms with Crippen LogP contribution in [-0.4, -0.2) is 12.5 Å². The van der Waals surface area contributed by atoms with Gasteiger partial charge in [0, 0.05) is 30.1 Å². The number of anilines is 1. The van der Waals surface area contributed by atoms with Gasteiger partial charge >= 0.3 is 0 Å². The number of benzene rings is 1. The van der Waals surface area contributed by atoms with Crippen LogP contribution in [0.25, 0.3) is 5.57 Å². The zero-order valence-corrected chi connectivity index (χ0v) is 10.8. The van der Waals surface area contributed by atoms with Gasteiger partial charge in [-0.1, -0.05) is 32.0 Å². The fraction of sp³-hybridized carbons (Fsp3) is 0.267. The van der Waals surface area contributed by atoms with Crippen molar-refractivity contribution in [3.05, 3.63) is 48.2 Å². The Balaban J connectivity index is 2.42. The van der Waals surface area contributed by atoms with Crippen LogP contribution in [0.4, 0.5) is 5.69 Å². The van der Waals surface area contributed by atoms with Gasteiger partial charge in [0.15, 0.2) is 0 Å². The highest BCUT2D eigenvalue weighted by Crippen LogP contribution is 2.32. The minimum atomic E-state index is -0.415. The van der Waals surface area contributed by atoms with Crippen molar-refractivity contribution in [2.24, 2.45) is 11.7 Å². The molecule has 0 aliphatic carbocycles. The molecule has 0 saturated heterocycles. The van der Waals surface area contributed by atoms with E-state index in [2.05, 4.69) is 24.8 Å². The maximum atomic E-state index is 11.0. The Labute approximate surface area is 108 Å². The Morgan fingerprint density at radius 2 is 2.11 bits per heavy atom. The first-order chi connectivity index (χ1) is 8.58. The fourth-order valence-electron chi connectivity index (χ4n) is 2.14. The summed E-state index contributed by atoms with van der Waals surface area (Å²) in [5.41, 5.74) is 8.29. The van der Waals surface area contributed by atoms with Gasteiger partial charge in [-0.25, -0.2) is 0 Å². The summed E-state index contributed by atoms with van der Waals surface area (Å²) in [6.07, 6.45) is 5.43. The van der Waals surface area contributed by atoms with Crippen LogP contribution in [0, 0.1) is 5.92 Å². The van der Waals surface area contributed by atoms with Gasteiger partial charge < -0.3 is 10.6 Å². The SMILES string of the molecule is CC(C)CN1C=C/C(=C\C(N)=O)c2ccccc21. The second-order valence-corrected chi connectivity index (χ2v) is 4.88. The number of carbonyl (C=O) groups excluding carboxylic acids is 1. The molecule has 0 saturated carbocycles. The van der Waals surface area contributed by atoms with Gasteiger partial charge in [0.05, 0.1) is 0 Å². The molecule has 3 nitrogen and oxygen atoms in total. The second kappa shape index (κ2) is 5.08. The second-order valence-electron chi connectivity index (χ2n) is 4.88. The molecular weight excluding hydrogens is 224 g/mol. The zero-order valence-electron chi connectivity index (χ0n) is 10.8. The molecule has 18 heavy (non-hydrogen) atoms. The van der Waals surface area contributed by atoms with E-state index in [1.807, 2.05) is 30.5 Å². The number of primary amides is 1. The van der Waals surface area contributed by atoms with Crippen LogP contribution in [0.3, 0.4) is 0 Å². The van der Waals surface area contributed by atoms with E-state index in [0.717, 1.165) is 23.4 Å². The van der Waals surface area contributed by atoms with Crippen LogP contribution in [0.15, 0.2) is 42.6 Å². The average molecular weight is 242 g/mol. The quantitative estimate of drug-likeness (QED) is 0.828. The number of carbonyl (C=O) groups is 1. The molecule has 1 aromatic carbocycles. The van der Waals surface area contributed by atoms with E-state index >= 15 is 0 Å². The van der Waals surface area contributed by atoms with Gasteiger partial charge in [-0.15, -0.1) is 0 Å². The summed E-state index contributed by atoms with van der Waals surface area (Å²) in [4.78, 5) is 13.2. The van der Waals surface area contributed by atoms with Crippen LogP contribution in [0.2, 0.25) is 0 Å². The lowest BCUT2D eigenvalue weighted by molar-refractivity contribution is -0.113. The summed E-state index contributed by atoms with van der Waals surface area (Å²) in [5, 5.41) is 0. The topological polar surface area (TPSA) is 46.3 Å². The number of nitrogens with two attached hydrogens (primary N) is 1. The highest BCUT2D eigenvalue weighted by atomic mass is 16.1. The van der Waals surface area contributed by atoms with E-state index < -0.39 is 5.91 Å². The van der Waals surface area contributed by atoms with E-state index in [-0.39, 0.29) is 0 Å². The van der Waals surface area contributed by atoms with Gasteiger partial charge in [0.1, 0.15) is 0 Å². The first kappa shape index (κ1) is 12.4. The molecule has 0 bridgehead atoms. The lowest BCUT2D eigenvalue weighted by Gasteiger charge is -2.29. The standard InChI is InChI=1S/C15H18N2O/c1-11(2)10-17-8-7-12(9-15(16)18)13-5-3-4-6-14(13)17/h3-9,11H,10H2,1-2H3,(H2,16,18)/b12-9+. The molecule has 0 aromatic heterocycles. The summed E-state index contributed by atoms with van der Waals surface area (Å²) in [5.74, 6) is 0.158. The van der Waals surface area contributed by atoms with Crippen molar-refractivity contribution in [1.29, 1.82) is 0 Å². The smallest absolute Gasteiger partial charge is 0.242 e. The van der Waals surface area contributed by atoms with E-state index in [1.165, 1.54) is 6.08 Å². The van der Waals surface area contributed by atoms with Crippen molar-refractivity contribution < 1.29 is 4.79 Å². The summed E-state index contributed by atoms with van der Waals surface area (Å²) >= 11 is 0. The average Bonchev–Trinajstić information content (AvgIpc) is 2.31. The Bertz CT molecular complexity index is 515. The van der Waals surface area contributed by atoms with Crippen molar-refractivity contribution >= 4 is 17.2 Å². The largest absolute Gasteiger partial charge is 0.366 e. The molecule has 0 fully saturated rings. The highest BCUT2D eigenvalue weighted by Gasteiger charge is 2.16. The number of nitrogens with zero attached hydrogens (tertiary/aromatic N) is 1. The molecule has 94 valence electrons. The summed E-state index contributed by atoms with van der Waals surface area (Å²) in [6, 6.07) is 8.06. The van der Waals surface area contributed by atoms with Gasteiger partial charge in [-0.3, -0.25) is 4.79 Å². The van der Waals surface area contributed by atoms with Gasteiger partial charge in [0.25, 0.3) is 0 Å². The number of fused-ring (bicyclic) bond motifs is 1. The lowest BCUT2D eigenvalue weighted by atomic mass is 9.99. The monoisotopic (exact) mass is 242 g/mol. The molecular formula is C15H18N2O. The van der Waals surface area contributed by atoms with E-state index in [1.54, 1.807) is 0 Å². The molecule has 1 aromatic rings. The molecule has 1 aliphatic rings. The third-order valence-electron chi connectivity index (χ3n) is 2.82. The van der Waals surface area contributed by atoms with Crippen LogP contribution in [0.1, 0.15) is 19.4 Å². The molecule has 1 amide bonds. The molecule has 2 rings (SSSR count). The third kappa shape index (κ3) is 2.62. The Morgan fingerprint density at radius 1 is 1.39 bits per heavy atom. The highest BCUT2D eigenvalue weighted by molar-refractivity contribution is 5.99. The van der Waals surface area contributed by atoms with Gasteiger partial charge in [-0.2, -0.15) is 0 Å². The number of rotatable bonds is 3. The van der Waals surface area contributed by atoms with Crippen LogP contribution >= 0.6 is 0 Å². The van der Waals surface area contributed by atoms with Crippen molar-refractivity contribution in [3.63, 3.8) is 0 Å². The van der Waals surface area contributed by atoms with Crippen LogP contribution in [-0.2, 0) is 4.79 Å². The third-order valence-corrected chi connectivity index (χ3v) is 2.82. The normalized spacial score (nSPS) is 16.2. The predicted molar refractivity (Wildman–Crippen MR) is 74.9 cm³/mol. The molecule has 0 unspecified atom stereocenters. The first-order valence-electron chi connectivity index (χ1n) is 6.13. The van der Waals surface area contributed by atoms with Crippen LogP contribution in [0.5, 0.6) is 0 Å². The minimum Gasteiger partial charge on any atom is -0.366 e. The maximum Gasteiger partial charge on any atom is 0.242 e. The van der Waals surface area contributed by atoms with Crippen molar-refractivity contribution in [2.75, 3.05) is 11.4 Å². The van der Waals surface area contributed by atoms with Crippen molar-refractivity contribution in [2.45, 2.75) is 13.8 Å². The number of hydrogen-bond acceptors (Lipinski definition) is 2. The molecule has 0 spiro atoms. The molecule has 1 aliphatic heterocycles. The Morgan fingerprint density at radius 3 is 2.78 bits per heavy atom. The lowest BCUT2D eigenvalue weighted by Crippen LogP contribution is -2.24. The number of hydrogen-bond donors (Lipinski definition) is 1. The summed E-state index contributed by atoms with van der Waals surface area (Å²) < 4.78 is 0. The maximum absolute atomic E-state index is 11.0. The summed E-state index contributed by atoms with van der Waals surface area (Å²) in [7, 11) is 0. The van der Waals surface area contributed by atoms with Crippen molar-refractivity contribution in [3.8, 4) is 0 Å². The fourth-order valence-corrected chi connectivity index (χ4v) is 2.14. The van der Waals surface area contributed by atoms with Gasteiger partial charge in [0.2, 0.25) is 5.91 Å². The molecule has 0 atom stereocenters. The van der Waals surface area contributed by atoms with E-state index in [4.69, 9.17) is 5.73 Å². The Hall–Kier alpha value is -2.03. The minimum absolute atomic E-state index is 0.415. The molecule has 1 heterocycles. The van der Waals surface area contributed by atoms with Gasteiger partial charge in [-0.05, 0) is 23.6 Å². The van der Waals surface area contributed by atoms with E-state index in [0.29, 0.717) is 5.92 Å². The number of amides is 1.